The van der Waals surface area contributed by atoms with Crippen molar-refractivity contribution in [2.75, 3.05) is 26.3 Å². The molecule has 0 spiro atoms. The summed E-state index contributed by atoms with van der Waals surface area (Å²) >= 11 is 0. The Labute approximate surface area is 142 Å². The van der Waals surface area contributed by atoms with Gasteiger partial charge in [0, 0.05) is 19.2 Å². The van der Waals surface area contributed by atoms with Crippen molar-refractivity contribution in [1.82, 2.24) is 4.90 Å². The highest BCUT2D eigenvalue weighted by Gasteiger charge is 2.27. The van der Waals surface area contributed by atoms with E-state index in [0.717, 1.165) is 5.75 Å². The fourth-order valence-corrected chi connectivity index (χ4v) is 2.53. The van der Waals surface area contributed by atoms with Gasteiger partial charge >= 0.3 is 5.97 Å². The fraction of sp³-hybridized carbons (Fsp3) is 0.556. The van der Waals surface area contributed by atoms with E-state index in [-0.39, 0.29) is 18.4 Å². The molecular formula is C18H25NO5. The lowest BCUT2D eigenvalue weighted by molar-refractivity contribution is -0.146. The van der Waals surface area contributed by atoms with Crippen LogP contribution in [0.5, 0.6) is 11.5 Å². The number of rotatable bonds is 7. The number of amides is 1. The highest BCUT2D eigenvalue weighted by Crippen LogP contribution is 2.21. The van der Waals surface area contributed by atoms with Gasteiger partial charge in [-0.15, -0.1) is 0 Å². The van der Waals surface area contributed by atoms with Gasteiger partial charge in [0.25, 0.3) is 5.91 Å². The molecule has 24 heavy (non-hydrogen) atoms. The molecule has 0 unspecified atom stereocenters. The van der Waals surface area contributed by atoms with Crippen LogP contribution in [0.3, 0.4) is 0 Å². The van der Waals surface area contributed by atoms with Crippen LogP contribution in [0, 0.1) is 11.8 Å². The van der Waals surface area contributed by atoms with E-state index < -0.39 is 5.97 Å². The third-order valence-corrected chi connectivity index (χ3v) is 3.95. The van der Waals surface area contributed by atoms with Gasteiger partial charge in [0.05, 0.1) is 12.5 Å². The standard InChI is InChI=1S/C18H25NO5/c1-13(2)11-23-15-4-3-5-16(10-15)24-12-17(20)19-8-6-14(7-9-19)18(21)22/h3-5,10,13-14H,6-9,11-12H2,1-2H3,(H,21,22). The van der Waals surface area contributed by atoms with Crippen molar-refractivity contribution >= 4 is 11.9 Å². The highest BCUT2D eigenvalue weighted by atomic mass is 16.5. The normalized spacial score (nSPS) is 15.4. The van der Waals surface area contributed by atoms with Gasteiger partial charge in [-0.25, -0.2) is 0 Å². The van der Waals surface area contributed by atoms with E-state index in [1.807, 2.05) is 12.1 Å². The molecule has 0 atom stereocenters. The number of carbonyl (C=O) groups excluding carboxylic acids is 1. The molecule has 1 aromatic carbocycles. The van der Waals surface area contributed by atoms with Crippen LogP contribution in [0.2, 0.25) is 0 Å². The largest absolute Gasteiger partial charge is 0.493 e. The summed E-state index contributed by atoms with van der Waals surface area (Å²) in [6, 6.07) is 7.24. The zero-order valence-electron chi connectivity index (χ0n) is 14.2. The van der Waals surface area contributed by atoms with Crippen molar-refractivity contribution in [2.45, 2.75) is 26.7 Å². The molecule has 1 aliphatic heterocycles. The summed E-state index contributed by atoms with van der Waals surface area (Å²) in [4.78, 5) is 24.8. The van der Waals surface area contributed by atoms with Gasteiger partial charge in [-0.05, 0) is 30.9 Å². The molecule has 2 rings (SSSR count). The predicted molar refractivity (Wildman–Crippen MR) is 89.2 cm³/mol. The maximum absolute atomic E-state index is 12.2. The third-order valence-electron chi connectivity index (χ3n) is 3.95. The van der Waals surface area contributed by atoms with Gasteiger partial charge in [-0.3, -0.25) is 9.59 Å². The Morgan fingerprint density at radius 1 is 1.21 bits per heavy atom. The molecular weight excluding hydrogens is 310 g/mol. The Morgan fingerprint density at radius 3 is 2.42 bits per heavy atom. The number of carbonyl (C=O) groups is 2. The number of likely N-dealkylation sites (tertiary alicyclic amines) is 1. The summed E-state index contributed by atoms with van der Waals surface area (Å²) in [5, 5.41) is 8.98. The quantitative estimate of drug-likeness (QED) is 0.828. The van der Waals surface area contributed by atoms with Crippen molar-refractivity contribution < 1.29 is 24.2 Å². The van der Waals surface area contributed by atoms with Crippen LogP contribution in [-0.4, -0.2) is 48.2 Å². The maximum Gasteiger partial charge on any atom is 0.306 e. The number of nitrogens with zero attached hydrogens (tertiary/aromatic N) is 1. The molecule has 0 bridgehead atoms. The predicted octanol–water partition coefficient (Wildman–Crippen LogP) is 2.42. The van der Waals surface area contributed by atoms with Crippen LogP contribution < -0.4 is 9.47 Å². The summed E-state index contributed by atoms with van der Waals surface area (Å²) in [7, 11) is 0. The van der Waals surface area contributed by atoms with Crippen LogP contribution in [0.1, 0.15) is 26.7 Å². The van der Waals surface area contributed by atoms with Gasteiger partial charge in [0.2, 0.25) is 0 Å². The number of hydrogen-bond donors (Lipinski definition) is 1. The highest BCUT2D eigenvalue weighted by molar-refractivity contribution is 5.78. The van der Waals surface area contributed by atoms with Crippen molar-refractivity contribution in [3.05, 3.63) is 24.3 Å². The first-order chi connectivity index (χ1) is 11.5. The smallest absolute Gasteiger partial charge is 0.306 e. The molecule has 1 aromatic rings. The lowest BCUT2D eigenvalue weighted by Gasteiger charge is -2.30. The van der Waals surface area contributed by atoms with E-state index in [0.29, 0.717) is 44.2 Å². The fourth-order valence-electron chi connectivity index (χ4n) is 2.53. The first kappa shape index (κ1) is 18.1. The molecule has 6 nitrogen and oxygen atoms in total. The molecule has 1 amide bonds. The topological polar surface area (TPSA) is 76.1 Å². The summed E-state index contributed by atoms with van der Waals surface area (Å²) in [6.45, 7) is 5.67. The number of piperidine rings is 1. The van der Waals surface area contributed by atoms with Crippen LogP contribution in [0.15, 0.2) is 24.3 Å². The molecule has 0 radical (unpaired) electrons. The van der Waals surface area contributed by atoms with E-state index in [4.69, 9.17) is 14.6 Å². The third kappa shape index (κ3) is 5.44. The van der Waals surface area contributed by atoms with E-state index in [1.165, 1.54) is 0 Å². The molecule has 1 N–H and O–H groups in total. The monoisotopic (exact) mass is 335 g/mol. The second kappa shape index (κ2) is 8.57. The lowest BCUT2D eigenvalue weighted by atomic mass is 9.97. The SMILES string of the molecule is CC(C)COc1cccc(OCC(=O)N2CCC(C(=O)O)CC2)c1. The van der Waals surface area contributed by atoms with Crippen molar-refractivity contribution in [3.8, 4) is 11.5 Å². The van der Waals surface area contributed by atoms with Gasteiger partial charge < -0.3 is 19.5 Å². The first-order valence-electron chi connectivity index (χ1n) is 8.32. The first-order valence-corrected chi connectivity index (χ1v) is 8.32. The van der Waals surface area contributed by atoms with E-state index in [1.54, 1.807) is 17.0 Å². The summed E-state index contributed by atoms with van der Waals surface area (Å²) in [6.07, 6.45) is 0.999. The summed E-state index contributed by atoms with van der Waals surface area (Å²) in [5.74, 6) is 0.500. The van der Waals surface area contributed by atoms with Crippen molar-refractivity contribution in [2.24, 2.45) is 11.8 Å². The van der Waals surface area contributed by atoms with Crippen LogP contribution >= 0.6 is 0 Å². The van der Waals surface area contributed by atoms with Crippen LogP contribution in [0.4, 0.5) is 0 Å². The Kier molecular flexibility index (Phi) is 6.46. The van der Waals surface area contributed by atoms with Gasteiger partial charge in [-0.2, -0.15) is 0 Å². The van der Waals surface area contributed by atoms with Crippen molar-refractivity contribution in [3.63, 3.8) is 0 Å². The number of carboxylic acids is 1. The molecule has 1 aliphatic rings. The molecule has 0 aromatic heterocycles. The molecule has 6 heteroatoms. The Bertz CT molecular complexity index is 564. The number of benzene rings is 1. The number of ether oxygens (including phenoxy) is 2. The second-order valence-electron chi connectivity index (χ2n) is 6.46. The molecule has 1 heterocycles. The minimum absolute atomic E-state index is 0.0502. The van der Waals surface area contributed by atoms with Gasteiger partial charge in [0.15, 0.2) is 6.61 Å². The van der Waals surface area contributed by atoms with E-state index in [2.05, 4.69) is 13.8 Å². The molecule has 1 fully saturated rings. The Morgan fingerprint density at radius 2 is 1.83 bits per heavy atom. The van der Waals surface area contributed by atoms with E-state index >= 15 is 0 Å². The van der Waals surface area contributed by atoms with E-state index in [9.17, 15) is 9.59 Å². The zero-order valence-corrected chi connectivity index (χ0v) is 14.2. The van der Waals surface area contributed by atoms with Gasteiger partial charge in [-0.1, -0.05) is 19.9 Å². The number of carboxylic acid groups (broad SMARTS) is 1. The maximum atomic E-state index is 12.2. The minimum Gasteiger partial charge on any atom is -0.493 e. The Balaban J connectivity index is 1.79. The van der Waals surface area contributed by atoms with Gasteiger partial charge in [0.1, 0.15) is 11.5 Å². The van der Waals surface area contributed by atoms with Crippen LogP contribution in [-0.2, 0) is 9.59 Å². The summed E-state index contributed by atoms with van der Waals surface area (Å²) in [5.41, 5.74) is 0. The molecule has 132 valence electrons. The molecule has 0 aliphatic carbocycles. The average molecular weight is 335 g/mol. The molecule has 1 saturated heterocycles. The minimum atomic E-state index is -0.781. The van der Waals surface area contributed by atoms with Crippen LogP contribution in [0.25, 0.3) is 0 Å². The number of aliphatic carboxylic acids is 1. The number of hydrogen-bond acceptors (Lipinski definition) is 4. The average Bonchev–Trinajstić information content (AvgIpc) is 2.58. The Hall–Kier alpha value is -2.24. The summed E-state index contributed by atoms with van der Waals surface area (Å²) < 4.78 is 11.2. The van der Waals surface area contributed by atoms with Crippen molar-refractivity contribution in [1.29, 1.82) is 0 Å². The molecule has 0 saturated carbocycles. The zero-order chi connectivity index (χ0) is 17.5. The lowest BCUT2D eigenvalue weighted by Crippen LogP contribution is -2.42. The second-order valence-corrected chi connectivity index (χ2v) is 6.46.